The molecule has 0 saturated carbocycles. The van der Waals surface area contributed by atoms with Crippen molar-refractivity contribution in [2.24, 2.45) is 0 Å². The largest absolute Gasteiger partial charge is 4.00 e. The molecule has 0 fully saturated rings. The zero-order valence-electron chi connectivity index (χ0n) is 3.26. The summed E-state index contributed by atoms with van der Waals surface area (Å²) in [5.74, 6) is 0. The van der Waals surface area contributed by atoms with E-state index in [1.165, 1.54) is 0 Å². The Morgan fingerprint density at radius 1 is 0.600 bits per heavy atom. The molecule has 0 amide bonds. The predicted molar refractivity (Wildman–Crippen MR) is 12.8 cm³/mol. The van der Waals surface area contributed by atoms with E-state index in [9.17, 15) is 0 Å². The van der Waals surface area contributed by atoms with Crippen molar-refractivity contribution in [2.45, 2.75) is 0 Å². The summed E-state index contributed by atoms with van der Waals surface area (Å²) < 4.78 is 0. The molecule has 0 heterocycles. The van der Waals surface area contributed by atoms with E-state index in [2.05, 4.69) is 0 Å². The zero-order chi connectivity index (χ0) is 0. The molecule has 0 aromatic rings. The Morgan fingerprint density at radius 2 is 0.600 bits per heavy atom. The molecule has 3 heteroatoms. The molecule has 0 bridgehead atoms. The third-order valence-electron chi connectivity index (χ3n) is 0. The maximum absolute atomic E-state index is 0. The van der Waals surface area contributed by atoms with Crippen LogP contribution in [0.4, 0.5) is 0 Å². The smallest absolute Gasteiger partial charge is 1.00 e. The molecule has 0 aliphatic carbocycles. The molecule has 0 saturated heterocycles. The van der Waals surface area contributed by atoms with Crippen LogP contribution in [-0.2, 0) is 26.2 Å². The summed E-state index contributed by atoms with van der Waals surface area (Å²) in [6.45, 7) is 0. The van der Waals surface area contributed by atoms with Crippen molar-refractivity contribution in [1.82, 2.24) is 0 Å². The first-order chi connectivity index (χ1) is 0. The zero-order valence-corrected chi connectivity index (χ0v) is 5.71. The monoisotopic (exact) mass is 158 g/mol. The molecular formula is C2H6F2Zr. The Bertz CT molecular complexity index is 7.61. The van der Waals surface area contributed by atoms with Crippen LogP contribution in [0.1, 0.15) is 0 Å². The van der Waals surface area contributed by atoms with Gasteiger partial charge in [0.2, 0.25) is 0 Å². The van der Waals surface area contributed by atoms with Gasteiger partial charge >= 0.3 is 26.2 Å². The van der Waals surface area contributed by atoms with E-state index in [0.717, 1.165) is 0 Å². The van der Waals surface area contributed by atoms with Crippen LogP contribution in [0.3, 0.4) is 0 Å². The van der Waals surface area contributed by atoms with Crippen molar-refractivity contribution in [2.75, 3.05) is 0 Å². The van der Waals surface area contributed by atoms with Gasteiger partial charge in [0, 0.05) is 0 Å². The van der Waals surface area contributed by atoms with Gasteiger partial charge in [0.25, 0.3) is 0 Å². The van der Waals surface area contributed by atoms with Gasteiger partial charge in [-0.3, -0.25) is 0 Å². The second-order valence-electron chi connectivity index (χ2n) is 0. The summed E-state index contributed by atoms with van der Waals surface area (Å²) >= 11 is 0. The molecule has 5 heavy (non-hydrogen) atoms. The van der Waals surface area contributed by atoms with Crippen LogP contribution in [-0.4, -0.2) is 0 Å². The fourth-order valence-electron chi connectivity index (χ4n) is 0. The standard InChI is InChI=1S/2CH3.2FH.Zr/h2*1H3;2*1H;/q2*-1;;;+4/p-2. The van der Waals surface area contributed by atoms with Crippen molar-refractivity contribution >= 4 is 0 Å². The predicted octanol–water partition coefficient (Wildman–Crippen LogP) is -5.09. The number of rotatable bonds is 0. The van der Waals surface area contributed by atoms with Crippen LogP contribution < -0.4 is 9.41 Å². The summed E-state index contributed by atoms with van der Waals surface area (Å²) in [5, 5.41) is 0. The molecule has 0 aliphatic rings. The topological polar surface area (TPSA) is 0 Å². The molecule has 0 spiro atoms. The second-order valence-corrected chi connectivity index (χ2v) is 0. The van der Waals surface area contributed by atoms with Crippen molar-refractivity contribution in [3.05, 3.63) is 14.9 Å². The van der Waals surface area contributed by atoms with Gasteiger partial charge in [-0.2, -0.15) is 0 Å². The minimum atomic E-state index is 0. The van der Waals surface area contributed by atoms with Crippen LogP contribution in [0.5, 0.6) is 0 Å². The molecule has 32 valence electrons. The number of hydrogen-bond donors (Lipinski definition) is 0. The fourth-order valence-corrected chi connectivity index (χ4v) is 0. The SMILES string of the molecule is [CH3-].[CH3-].[F-].[F-].[Zr+4]. The molecule has 0 aromatic heterocycles. The van der Waals surface area contributed by atoms with Crippen molar-refractivity contribution in [3.8, 4) is 0 Å². The number of halogens is 2. The van der Waals surface area contributed by atoms with Gasteiger partial charge in [-0.15, -0.1) is 0 Å². The van der Waals surface area contributed by atoms with Gasteiger partial charge in [0.1, 0.15) is 0 Å². The van der Waals surface area contributed by atoms with Crippen LogP contribution in [0, 0.1) is 14.9 Å². The van der Waals surface area contributed by atoms with Crippen LogP contribution in [0.25, 0.3) is 0 Å². The Balaban J connectivity index is 0. The Kier molecular flexibility index (Phi) is 5630. The second kappa shape index (κ2) is 120. The minimum absolute atomic E-state index is 0. The molecule has 0 rings (SSSR count). The minimum Gasteiger partial charge on any atom is -1.00 e. The molecule has 0 N–H and O–H groups in total. The van der Waals surface area contributed by atoms with Crippen LogP contribution in [0.2, 0.25) is 0 Å². The molecule has 0 unspecified atom stereocenters. The normalized spacial score (nSPS) is 0. The first-order valence-corrected chi connectivity index (χ1v) is 0. The van der Waals surface area contributed by atoms with E-state index in [1.54, 1.807) is 0 Å². The van der Waals surface area contributed by atoms with Crippen molar-refractivity contribution in [3.63, 3.8) is 0 Å². The third kappa shape index (κ3) is 64.6. The van der Waals surface area contributed by atoms with E-state index < -0.39 is 0 Å². The van der Waals surface area contributed by atoms with E-state index in [4.69, 9.17) is 0 Å². The number of hydrogen-bond acceptors (Lipinski definition) is 0. The van der Waals surface area contributed by atoms with Crippen molar-refractivity contribution in [1.29, 1.82) is 0 Å². The quantitative estimate of drug-likeness (QED) is 0.310. The van der Waals surface area contributed by atoms with Gasteiger partial charge in [0.05, 0.1) is 0 Å². The Morgan fingerprint density at radius 3 is 0.600 bits per heavy atom. The molecule has 0 atom stereocenters. The molecule has 0 nitrogen and oxygen atoms in total. The van der Waals surface area contributed by atoms with Gasteiger partial charge in [-0.1, -0.05) is 0 Å². The third-order valence-corrected chi connectivity index (χ3v) is 0. The summed E-state index contributed by atoms with van der Waals surface area (Å²) in [7, 11) is 0. The summed E-state index contributed by atoms with van der Waals surface area (Å²) in [6.07, 6.45) is 0. The molecule has 0 radical (unpaired) electrons. The Labute approximate surface area is 50.8 Å². The summed E-state index contributed by atoms with van der Waals surface area (Å²) in [6, 6.07) is 0. The molecule has 0 aromatic carbocycles. The van der Waals surface area contributed by atoms with Crippen LogP contribution in [0.15, 0.2) is 0 Å². The average Bonchev–Trinajstić information content (AvgIpc) is 0. The first-order valence-electron chi connectivity index (χ1n) is 0. The Hall–Kier alpha value is 0.743. The van der Waals surface area contributed by atoms with E-state index in [0.29, 0.717) is 0 Å². The van der Waals surface area contributed by atoms with E-state index in [-0.39, 0.29) is 50.5 Å². The van der Waals surface area contributed by atoms with Gasteiger partial charge in [-0.25, -0.2) is 0 Å². The van der Waals surface area contributed by atoms with Crippen LogP contribution >= 0.6 is 0 Å². The van der Waals surface area contributed by atoms with Gasteiger partial charge < -0.3 is 24.3 Å². The maximum atomic E-state index is 0. The van der Waals surface area contributed by atoms with Gasteiger partial charge in [0.15, 0.2) is 0 Å². The van der Waals surface area contributed by atoms with Gasteiger partial charge in [-0.05, 0) is 0 Å². The summed E-state index contributed by atoms with van der Waals surface area (Å²) in [4.78, 5) is 0. The van der Waals surface area contributed by atoms with E-state index >= 15 is 0 Å². The maximum Gasteiger partial charge on any atom is 4.00 e. The van der Waals surface area contributed by atoms with E-state index in [1.807, 2.05) is 0 Å². The fraction of sp³-hybridized carbons (Fsp3) is 0. The average molecular weight is 159 g/mol. The molecular weight excluding hydrogens is 153 g/mol. The summed E-state index contributed by atoms with van der Waals surface area (Å²) in [5.41, 5.74) is 0. The first kappa shape index (κ1) is 234. The van der Waals surface area contributed by atoms with Crippen molar-refractivity contribution < 1.29 is 35.6 Å². The molecule has 0 aliphatic heterocycles.